The number of halogens is 2. The van der Waals surface area contributed by atoms with Crippen molar-refractivity contribution in [3.05, 3.63) is 145 Å². The van der Waals surface area contributed by atoms with Crippen molar-refractivity contribution < 1.29 is 73.6 Å². The van der Waals surface area contributed by atoms with Crippen LogP contribution in [0.5, 0.6) is 0 Å². The third-order valence-electron chi connectivity index (χ3n) is 8.43. The van der Waals surface area contributed by atoms with E-state index in [2.05, 4.69) is 40.9 Å². The molecule has 0 saturated carbocycles. The molecule has 0 saturated heterocycles. The highest BCUT2D eigenvalue weighted by Gasteiger charge is 2.08. The quantitative estimate of drug-likeness (QED) is 0.0282. The van der Waals surface area contributed by atoms with Crippen LogP contribution < -0.4 is 44.7 Å². The monoisotopic (exact) mass is 930 g/mol. The topological polar surface area (TPSA) is 266 Å². The van der Waals surface area contributed by atoms with Crippen LogP contribution in [0.3, 0.4) is 0 Å². The Morgan fingerprint density at radius 2 is 0.938 bits per heavy atom. The standard InChI is InChI=1S/C23H22N6O4.C20H24N6O4.2ClH/c30-21(31)10-16-28-12-6-19(7-13-28)24-26-23(18-4-2-1-3-5-18)27-25-20-8-14-29(15-9-20)17-11-22(32)33;1-15(2)20(23-21-16-3-9-25(10-4-16)13-7-18(27)28)24-22-17-5-11-26(12-6-17)14-8-19(29)30;;/h1-9,12-15H,10-11,16-17H2,(H-,30,31,32,33);3-6,9-12,15H,7-8,13-14H2,1-2H3,(H-,27,28,29,30);2*1H. The largest absolute Gasteiger partial charge is 1.00 e. The highest BCUT2D eigenvalue weighted by molar-refractivity contribution is 5.99. The molecule has 0 aliphatic heterocycles. The lowest BCUT2D eigenvalue weighted by Crippen LogP contribution is -3.00. The van der Waals surface area contributed by atoms with Gasteiger partial charge in [0.1, 0.15) is 12.8 Å². The summed E-state index contributed by atoms with van der Waals surface area (Å²) < 4.78 is 7.04. The van der Waals surface area contributed by atoms with Gasteiger partial charge in [0.05, 0.1) is 34.9 Å². The van der Waals surface area contributed by atoms with Crippen LogP contribution >= 0.6 is 0 Å². The number of hydrogen-bond donors (Lipinski definition) is 4. The second-order valence-corrected chi connectivity index (χ2v) is 13.8. The van der Waals surface area contributed by atoms with Gasteiger partial charge in [0.2, 0.25) is 5.84 Å². The van der Waals surface area contributed by atoms with Gasteiger partial charge in [0, 0.05) is 73.6 Å². The summed E-state index contributed by atoms with van der Waals surface area (Å²) in [6, 6.07) is 23.2. The molecule has 0 atom stereocenters. The summed E-state index contributed by atoms with van der Waals surface area (Å²) in [6.07, 6.45) is 14.1. The summed E-state index contributed by atoms with van der Waals surface area (Å²) in [7, 11) is 0. The van der Waals surface area contributed by atoms with E-state index < -0.39 is 23.9 Å². The maximum Gasteiger partial charge on any atom is 0.309 e. The van der Waals surface area contributed by atoms with Crippen LogP contribution in [0.2, 0.25) is 0 Å². The van der Waals surface area contributed by atoms with Crippen molar-refractivity contribution in [2.75, 3.05) is 0 Å². The third-order valence-corrected chi connectivity index (χ3v) is 8.43. The van der Waals surface area contributed by atoms with Crippen LogP contribution in [-0.2, 0) is 45.4 Å². The second kappa shape index (κ2) is 28.9. The van der Waals surface area contributed by atoms with E-state index in [9.17, 15) is 19.2 Å². The average Bonchev–Trinajstić information content (AvgIpc) is 3.28. The molecule has 20 nitrogen and oxygen atoms in total. The lowest BCUT2D eigenvalue weighted by molar-refractivity contribution is -0.696. The molecule has 5 rings (SSSR count). The van der Waals surface area contributed by atoms with Gasteiger partial charge in [-0.25, -0.2) is 9.13 Å². The number of hydrogen-bond acceptors (Lipinski definition) is 10. The van der Waals surface area contributed by atoms with Crippen molar-refractivity contribution in [1.29, 1.82) is 0 Å². The van der Waals surface area contributed by atoms with Crippen molar-refractivity contribution in [3.8, 4) is 0 Å². The van der Waals surface area contributed by atoms with Gasteiger partial charge in [-0.2, -0.15) is 0 Å². The molecule has 4 aromatic heterocycles. The van der Waals surface area contributed by atoms with Crippen LogP contribution in [-0.4, -0.2) is 65.1 Å². The van der Waals surface area contributed by atoms with Gasteiger partial charge in [-0.05, 0) is 24.3 Å². The lowest BCUT2D eigenvalue weighted by Gasteiger charge is -2.03. The van der Waals surface area contributed by atoms with E-state index in [0.717, 1.165) is 5.56 Å². The molecule has 5 aromatic rings. The van der Waals surface area contributed by atoms with E-state index in [4.69, 9.17) is 20.4 Å². The molecule has 0 aliphatic rings. The predicted molar refractivity (Wildman–Crippen MR) is 227 cm³/mol. The molecule has 4 N–H and O–H groups in total. The first-order valence-electron chi connectivity index (χ1n) is 19.6. The number of rotatable bonds is 18. The van der Waals surface area contributed by atoms with Crippen molar-refractivity contribution in [3.63, 3.8) is 0 Å². The van der Waals surface area contributed by atoms with Gasteiger partial charge in [0.25, 0.3) is 0 Å². The number of pyridine rings is 4. The van der Waals surface area contributed by atoms with Crippen LogP contribution in [0.4, 0.5) is 11.4 Å². The number of aromatic nitrogens is 4. The Hall–Kier alpha value is -7.58. The smallest absolute Gasteiger partial charge is 0.309 e. The van der Waals surface area contributed by atoms with Crippen LogP contribution in [0, 0.1) is 5.92 Å². The average molecular weight is 932 g/mol. The number of aliphatic carboxylic acids is 4. The normalized spacial score (nSPS) is 11.2. The van der Waals surface area contributed by atoms with E-state index in [1.807, 2.05) is 44.2 Å². The Morgan fingerprint density at radius 1 is 0.538 bits per heavy atom. The maximum atomic E-state index is 10.7. The van der Waals surface area contributed by atoms with Crippen molar-refractivity contribution in [2.45, 2.75) is 65.7 Å². The number of carboxylic acid groups (broad SMARTS) is 4. The summed E-state index contributed by atoms with van der Waals surface area (Å²) in [4.78, 5) is 42.6. The predicted octanol–water partition coefficient (Wildman–Crippen LogP) is -0.841. The molecular weight excluding hydrogens is 883 g/mol. The minimum atomic E-state index is -0.854. The molecule has 1 aromatic carbocycles. The van der Waals surface area contributed by atoms with E-state index >= 15 is 0 Å². The third kappa shape index (κ3) is 21.4. The van der Waals surface area contributed by atoms with Crippen LogP contribution in [0.15, 0.2) is 169 Å². The van der Waals surface area contributed by atoms with Gasteiger partial charge in [0.15, 0.2) is 43.7 Å². The molecule has 4 heterocycles. The molecule has 0 unspecified atom stereocenters. The summed E-state index contributed by atoms with van der Waals surface area (Å²) in [5, 5.41) is 69.9. The number of carboxylic acids is 4. The number of nitrogens with zero attached hydrogens (tertiary/aromatic N) is 12. The Balaban J connectivity index is 0.000000435. The Morgan fingerprint density at radius 3 is 1.34 bits per heavy atom. The Bertz CT molecular complexity index is 2540. The first-order chi connectivity index (χ1) is 30.3. The SMILES string of the molecule is CC(C)C(N=Nc1cc[n+](CCC(=O)O)cc1)=NN=c1ccn(CCC(=O)O)cc1.O=C(O)CCn1ccc(=NN=C(N=Nc2cc[n+](CCC(=O)O)cc2)c2ccccc2)cc1.[Cl-].[Cl-]. The highest BCUT2D eigenvalue weighted by Crippen LogP contribution is 2.13. The number of aryl methyl sites for hydroxylation is 4. The summed E-state index contributed by atoms with van der Waals surface area (Å²) in [5.41, 5.74) is 1.95. The molecule has 65 heavy (non-hydrogen) atoms. The van der Waals surface area contributed by atoms with Gasteiger partial charge in [-0.1, -0.05) is 44.2 Å². The number of amidine groups is 2. The van der Waals surface area contributed by atoms with Gasteiger partial charge in [-0.3, -0.25) is 19.2 Å². The first kappa shape index (κ1) is 53.6. The fraction of sp³-hybridized carbons (Fsp3) is 0.256. The Labute approximate surface area is 385 Å². The fourth-order valence-corrected chi connectivity index (χ4v) is 4.96. The molecule has 0 spiro atoms. The minimum absolute atomic E-state index is 0. The van der Waals surface area contributed by atoms with Crippen molar-refractivity contribution in [2.24, 2.45) is 46.8 Å². The van der Waals surface area contributed by atoms with Crippen molar-refractivity contribution in [1.82, 2.24) is 9.13 Å². The van der Waals surface area contributed by atoms with Gasteiger partial charge >= 0.3 is 23.9 Å². The van der Waals surface area contributed by atoms with Crippen LogP contribution in [0.25, 0.3) is 0 Å². The lowest BCUT2D eigenvalue weighted by atomic mass is 10.2. The fourth-order valence-electron chi connectivity index (χ4n) is 4.96. The molecule has 0 fully saturated rings. The van der Waals surface area contributed by atoms with E-state index in [-0.39, 0.29) is 56.4 Å². The molecule has 22 heteroatoms. The molecular formula is C43H48Cl2N12O8. The molecule has 0 radical (unpaired) electrons. The maximum absolute atomic E-state index is 10.7. The zero-order chi connectivity index (χ0) is 45.4. The highest BCUT2D eigenvalue weighted by atomic mass is 35.5. The molecule has 0 aliphatic carbocycles. The first-order valence-corrected chi connectivity index (χ1v) is 19.6. The summed E-state index contributed by atoms with van der Waals surface area (Å²) in [6.45, 7) is 5.38. The second-order valence-electron chi connectivity index (χ2n) is 13.8. The summed E-state index contributed by atoms with van der Waals surface area (Å²) >= 11 is 0. The molecule has 0 amide bonds. The Kier molecular flexibility index (Phi) is 23.8. The van der Waals surface area contributed by atoms with E-state index in [1.54, 1.807) is 116 Å². The van der Waals surface area contributed by atoms with Gasteiger partial charge < -0.3 is 54.4 Å². The van der Waals surface area contributed by atoms with E-state index in [1.165, 1.54) is 0 Å². The van der Waals surface area contributed by atoms with Gasteiger partial charge in [-0.15, -0.1) is 40.9 Å². The zero-order valence-corrected chi connectivity index (χ0v) is 36.9. The van der Waals surface area contributed by atoms with Crippen molar-refractivity contribution >= 4 is 46.9 Å². The molecule has 342 valence electrons. The zero-order valence-electron chi connectivity index (χ0n) is 35.4. The number of azo groups is 2. The summed E-state index contributed by atoms with van der Waals surface area (Å²) in [5.74, 6) is -2.62. The number of benzene rings is 1. The van der Waals surface area contributed by atoms with Crippen LogP contribution in [0.1, 0.15) is 45.1 Å². The number of carbonyl (C=O) groups is 4. The minimum Gasteiger partial charge on any atom is -1.00 e. The van der Waals surface area contributed by atoms with E-state index in [0.29, 0.717) is 59.9 Å². The molecule has 0 bridgehead atoms.